The van der Waals surface area contributed by atoms with E-state index < -0.39 is 0 Å². The van der Waals surface area contributed by atoms with Crippen LogP contribution in [-0.4, -0.2) is 23.3 Å². The zero-order chi connectivity index (χ0) is 13.4. The molecule has 0 aliphatic carbocycles. The van der Waals surface area contributed by atoms with Crippen LogP contribution in [0.25, 0.3) is 0 Å². The third kappa shape index (κ3) is 2.06. The van der Waals surface area contributed by atoms with E-state index in [4.69, 9.17) is 9.47 Å². The molecule has 0 amide bonds. The monoisotopic (exact) mass is 269 g/mol. The Morgan fingerprint density at radius 2 is 2.15 bits per heavy atom. The van der Waals surface area contributed by atoms with Gasteiger partial charge >= 0.3 is 0 Å². The summed E-state index contributed by atoms with van der Waals surface area (Å²) < 4.78 is 10.8. The second-order valence-corrected chi connectivity index (χ2v) is 5.02. The minimum absolute atomic E-state index is 0.323. The number of pyridine rings is 1. The zero-order valence-electron chi connectivity index (χ0n) is 11.0. The predicted molar refractivity (Wildman–Crippen MR) is 74.5 cm³/mol. The van der Waals surface area contributed by atoms with Crippen molar-refractivity contribution in [3.05, 3.63) is 47.7 Å². The molecule has 5 heteroatoms. The van der Waals surface area contributed by atoms with Crippen LogP contribution in [0.3, 0.4) is 0 Å². The first kappa shape index (κ1) is 11.5. The molecule has 0 fully saturated rings. The molecule has 0 atom stereocenters. The molecule has 1 aromatic carbocycles. The van der Waals surface area contributed by atoms with Gasteiger partial charge in [-0.1, -0.05) is 12.1 Å². The first-order valence-corrected chi connectivity index (χ1v) is 6.67. The fourth-order valence-corrected chi connectivity index (χ4v) is 2.62. The van der Waals surface area contributed by atoms with Gasteiger partial charge in [0.2, 0.25) is 6.79 Å². The van der Waals surface area contributed by atoms with Crippen molar-refractivity contribution in [3.63, 3.8) is 0 Å². The summed E-state index contributed by atoms with van der Waals surface area (Å²) in [6.07, 6.45) is 1.82. The molecule has 0 saturated carbocycles. The number of hydrogen-bond donors (Lipinski definition) is 1. The van der Waals surface area contributed by atoms with Crippen molar-refractivity contribution >= 4 is 5.82 Å². The van der Waals surface area contributed by atoms with Crippen molar-refractivity contribution in [1.82, 2.24) is 9.88 Å². The Balaban J connectivity index is 1.50. The number of nitrogens with zero attached hydrogens (tertiary/aromatic N) is 2. The normalized spacial score (nSPS) is 16.6. The number of hydrogen-bond acceptors (Lipinski definition) is 5. The molecule has 2 aliphatic heterocycles. The Labute approximate surface area is 117 Å². The number of nitrogens with one attached hydrogen (secondary N) is 1. The number of ether oxygens (including phenoxy) is 2. The van der Waals surface area contributed by atoms with Gasteiger partial charge in [0, 0.05) is 24.8 Å². The lowest BCUT2D eigenvalue weighted by molar-refractivity contribution is 0.174. The molecule has 0 spiro atoms. The van der Waals surface area contributed by atoms with Crippen molar-refractivity contribution in [2.45, 2.75) is 13.1 Å². The largest absolute Gasteiger partial charge is 0.454 e. The number of fused-ring (bicyclic) bond motifs is 2. The first-order chi connectivity index (χ1) is 9.88. The van der Waals surface area contributed by atoms with Crippen LogP contribution in [0.4, 0.5) is 5.82 Å². The molecule has 102 valence electrons. The van der Waals surface area contributed by atoms with Crippen LogP contribution >= 0.6 is 0 Å². The van der Waals surface area contributed by atoms with Gasteiger partial charge in [-0.25, -0.2) is 4.98 Å². The summed E-state index contributed by atoms with van der Waals surface area (Å²) in [6.45, 7) is 2.91. The topological polar surface area (TPSA) is 46.6 Å². The number of rotatable bonds is 2. The molecular weight excluding hydrogens is 254 g/mol. The molecule has 4 rings (SSSR count). The van der Waals surface area contributed by atoms with Crippen LogP contribution in [-0.2, 0) is 13.1 Å². The van der Waals surface area contributed by atoms with E-state index in [2.05, 4.69) is 33.4 Å². The molecule has 3 heterocycles. The van der Waals surface area contributed by atoms with E-state index in [0.717, 1.165) is 37.1 Å². The third-order valence-corrected chi connectivity index (χ3v) is 3.60. The Hall–Kier alpha value is -2.27. The van der Waals surface area contributed by atoms with Crippen LogP contribution in [0.15, 0.2) is 36.5 Å². The minimum Gasteiger partial charge on any atom is -0.454 e. The van der Waals surface area contributed by atoms with E-state index in [1.807, 2.05) is 18.3 Å². The Morgan fingerprint density at radius 3 is 3.15 bits per heavy atom. The van der Waals surface area contributed by atoms with E-state index in [1.54, 1.807) is 0 Å². The summed E-state index contributed by atoms with van der Waals surface area (Å²) in [5.41, 5.74) is 2.46. The van der Waals surface area contributed by atoms with E-state index >= 15 is 0 Å². The van der Waals surface area contributed by atoms with Crippen molar-refractivity contribution in [2.75, 3.05) is 18.8 Å². The van der Waals surface area contributed by atoms with Gasteiger partial charge in [-0.2, -0.15) is 0 Å². The lowest BCUT2D eigenvalue weighted by atomic mass is 10.1. The fourth-order valence-electron chi connectivity index (χ4n) is 2.62. The summed E-state index contributed by atoms with van der Waals surface area (Å²) in [4.78, 5) is 6.67. The Morgan fingerprint density at radius 1 is 1.20 bits per heavy atom. The average molecular weight is 269 g/mol. The van der Waals surface area contributed by atoms with Crippen LogP contribution in [0.5, 0.6) is 11.5 Å². The van der Waals surface area contributed by atoms with Gasteiger partial charge in [-0.05, 0) is 23.8 Å². The highest BCUT2D eigenvalue weighted by Gasteiger charge is 2.18. The van der Waals surface area contributed by atoms with Gasteiger partial charge in [0.15, 0.2) is 11.5 Å². The predicted octanol–water partition coefficient (Wildman–Crippen LogP) is 2.20. The van der Waals surface area contributed by atoms with Gasteiger partial charge in [-0.15, -0.1) is 0 Å². The van der Waals surface area contributed by atoms with Crippen LogP contribution < -0.4 is 14.8 Å². The lowest BCUT2D eigenvalue weighted by Gasteiger charge is -2.29. The van der Waals surface area contributed by atoms with Gasteiger partial charge < -0.3 is 14.8 Å². The molecule has 5 nitrogen and oxygen atoms in total. The summed E-state index contributed by atoms with van der Waals surface area (Å²) in [5.74, 6) is 2.67. The molecule has 1 aromatic heterocycles. The second-order valence-electron chi connectivity index (χ2n) is 5.02. The first-order valence-electron chi connectivity index (χ1n) is 6.67. The van der Waals surface area contributed by atoms with Crippen LogP contribution in [0.2, 0.25) is 0 Å². The number of aromatic nitrogens is 1. The van der Waals surface area contributed by atoms with E-state index in [1.165, 1.54) is 11.1 Å². The van der Waals surface area contributed by atoms with Crippen molar-refractivity contribution in [3.8, 4) is 11.5 Å². The van der Waals surface area contributed by atoms with Crippen molar-refractivity contribution in [2.24, 2.45) is 0 Å². The van der Waals surface area contributed by atoms with Crippen LogP contribution in [0.1, 0.15) is 11.1 Å². The number of benzene rings is 1. The molecule has 0 saturated heterocycles. The van der Waals surface area contributed by atoms with E-state index in [-0.39, 0.29) is 0 Å². The quantitative estimate of drug-likeness (QED) is 0.905. The van der Waals surface area contributed by atoms with Gasteiger partial charge in [-0.3, -0.25) is 4.90 Å². The standard InChI is InChI=1S/C15H15N3O2/c1-2-12-8-18(9-17-15(12)16-5-1)7-11-3-4-13-14(6-11)20-10-19-13/h1-6H,7-10H2,(H,16,17). The van der Waals surface area contributed by atoms with Gasteiger partial charge in [0.25, 0.3) is 0 Å². The Bertz CT molecular complexity index is 645. The summed E-state index contributed by atoms with van der Waals surface area (Å²) >= 11 is 0. The summed E-state index contributed by atoms with van der Waals surface area (Å²) in [6, 6.07) is 10.2. The third-order valence-electron chi connectivity index (χ3n) is 3.60. The lowest BCUT2D eigenvalue weighted by Crippen LogP contribution is -2.33. The van der Waals surface area contributed by atoms with E-state index in [0.29, 0.717) is 6.79 Å². The minimum atomic E-state index is 0.323. The fraction of sp³-hybridized carbons (Fsp3) is 0.267. The maximum atomic E-state index is 5.42. The van der Waals surface area contributed by atoms with E-state index in [9.17, 15) is 0 Å². The highest BCUT2D eigenvalue weighted by atomic mass is 16.7. The molecule has 20 heavy (non-hydrogen) atoms. The highest BCUT2D eigenvalue weighted by molar-refractivity contribution is 5.46. The Kier molecular flexibility index (Phi) is 2.70. The summed E-state index contributed by atoms with van der Waals surface area (Å²) in [7, 11) is 0. The van der Waals surface area contributed by atoms with Crippen molar-refractivity contribution < 1.29 is 9.47 Å². The molecular formula is C15H15N3O2. The molecule has 2 aromatic rings. The number of anilines is 1. The van der Waals surface area contributed by atoms with Crippen LogP contribution in [0, 0.1) is 0 Å². The molecule has 1 N–H and O–H groups in total. The maximum Gasteiger partial charge on any atom is 0.231 e. The molecule has 0 unspecified atom stereocenters. The smallest absolute Gasteiger partial charge is 0.231 e. The van der Waals surface area contributed by atoms with Crippen molar-refractivity contribution in [1.29, 1.82) is 0 Å². The highest BCUT2D eigenvalue weighted by Crippen LogP contribution is 2.33. The van der Waals surface area contributed by atoms with Gasteiger partial charge in [0.1, 0.15) is 5.82 Å². The average Bonchev–Trinajstić information content (AvgIpc) is 2.95. The maximum absolute atomic E-state index is 5.42. The second kappa shape index (κ2) is 4.68. The van der Waals surface area contributed by atoms with Gasteiger partial charge in [0.05, 0.1) is 6.67 Å². The SMILES string of the molecule is c1cnc2c(c1)CN(Cc1ccc3c(c1)OCO3)CN2. The summed E-state index contributed by atoms with van der Waals surface area (Å²) in [5, 5.41) is 3.34. The molecule has 0 bridgehead atoms. The zero-order valence-corrected chi connectivity index (χ0v) is 11.0. The molecule has 2 aliphatic rings. The molecule has 0 radical (unpaired) electrons.